The summed E-state index contributed by atoms with van der Waals surface area (Å²) in [6.45, 7) is 2.48. The van der Waals surface area contributed by atoms with E-state index in [4.69, 9.17) is 5.11 Å². The first-order valence-corrected chi connectivity index (χ1v) is 7.52. The number of hydrogen-bond acceptors (Lipinski definition) is 4. The second kappa shape index (κ2) is 6.65. The zero-order chi connectivity index (χ0) is 14.5. The largest absolute Gasteiger partial charge is 0.481 e. The summed E-state index contributed by atoms with van der Waals surface area (Å²) >= 11 is 1.56. The summed E-state index contributed by atoms with van der Waals surface area (Å²) in [6.07, 6.45) is 6.38. The van der Waals surface area contributed by atoms with Gasteiger partial charge in [0.05, 0.1) is 16.8 Å². The van der Waals surface area contributed by atoms with Gasteiger partial charge in [-0.3, -0.25) is 9.59 Å². The van der Waals surface area contributed by atoms with E-state index in [2.05, 4.69) is 10.3 Å². The number of nitrogens with zero attached hydrogens (tertiary/aromatic N) is 1. The normalized spacial score (nSPS) is 23.2. The van der Waals surface area contributed by atoms with E-state index in [-0.39, 0.29) is 11.8 Å². The molecule has 0 radical (unpaired) electrons. The summed E-state index contributed by atoms with van der Waals surface area (Å²) in [4.78, 5) is 27.5. The van der Waals surface area contributed by atoms with Gasteiger partial charge in [0.25, 0.3) is 0 Å². The van der Waals surface area contributed by atoms with Crippen molar-refractivity contribution in [2.45, 2.75) is 25.7 Å². The predicted octanol–water partition coefficient (Wildman–Crippen LogP) is 2.03. The Morgan fingerprint density at radius 2 is 2.15 bits per heavy atom. The monoisotopic (exact) mass is 294 g/mol. The maximum atomic E-state index is 12.2. The van der Waals surface area contributed by atoms with E-state index in [1.54, 1.807) is 17.5 Å². The minimum absolute atomic E-state index is 0.140. The maximum absolute atomic E-state index is 12.2. The van der Waals surface area contributed by atoms with Crippen molar-refractivity contribution in [3.05, 3.63) is 28.7 Å². The minimum atomic E-state index is -0.900. The van der Waals surface area contributed by atoms with Gasteiger partial charge in [0.2, 0.25) is 5.91 Å². The molecule has 0 aromatic carbocycles. The highest BCUT2D eigenvalue weighted by Gasteiger charge is 2.33. The van der Waals surface area contributed by atoms with E-state index in [0.717, 1.165) is 5.01 Å². The third-order valence-electron chi connectivity index (χ3n) is 3.54. The van der Waals surface area contributed by atoms with Crippen LogP contribution in [0.3, 0.4) is 0 Å². The molecular weight excluding hydrogens is 276 g/mol. The molecule has 1 heterocycles. The van der Waals surface area contributed by atoms with Crippen LogP contribution in [-0.4, -0.2) is 28.5 Å². The number of carboxylic acid groups (broad SMARTS) is 1. The fourth-order valence-corrected chi connectivity index (χ4v) is 3.03. The first-order chi connectivity index (χ1) is 9.59. The lowest BCUT2D eigenvalue weighted by atomic mass is 9.82. The van der Waals surface area contributed by atoms with Crippen LogP contribution in [0.5, 0.6) is 0 Å². The smallest absolute Gasteiger partial charge is 0.307 e. The molecule has 20 heavy (non-hydrogen) atoms. The second-order valence-corrected chi connectivity index (χ2v) is 5.94. The Kier molecular flexibility index (Phi) is 4.89. The summed E-state index contributed by atoms with van der Waals surface area (Å²) in [6, 6.07) is 0. The van der Waals surface area contributed by atoms with Crippen LogP contribution in [0.2, 0.25) is 0 Å². The Morgan fingerprint density at radius 1 is 1.45 bits per heavy atom. The van der Waals surface area contributed by atoms with Crippen LogP contribution in [0.25, 0.3) is 0 Å². The highest BCUT2D eigenvalue weighted by molar-refractivity contribution is 7.09. The van der Waals surface area contributed by atoms with E-state index >= 15 is 0 Å². The van der Waals surface area contributed by atoms with Crippen LogP contribution in [0.1, 0.15) is 30.7 Å². The molecule has 1 amide bonds. The number of rotatable bonds is 5. The highest BCUT2D eigenvalue weighted by atomic mass is 32.1. The third-order valence-corrected chi connectivity index (χ3v) is 4.55. The molecular formula is C14H18N2O3S. The van der Waals surface area contributed by atoms with Crippen molar-refractivity contribution in [2.24, 2.45) is 11.8 Å². The lowest BCUT2D eigenvalue weighted by molar-refractivity contribution is -0.147. The van der Waals surface area contributed by atoms with Gasteiger partial charge in [-0.05, 0) is 12.8 Å². The topological polar surface area (TPSA) is 79.3 Å². The number of carbonyl (C=O) groups excluding carboxylic acids is 1. The number of thiazole rings is 1. The van der Waals surface area contributed by atoms with Crippen molar-refractivity contribution in [2.75, 3.05) is 6.54 Å². The molecule has 0 saturated heterocycles. The van der Waals surface area contributed by atoms with Crippen LogP contribution in [0.4, 0.5) is 0 Å². The third kappa shape index (κ3) is 3.45. The molecule has 108 valence electrons. The van der Waals surface area contributed by atoms with Gasteiger partial charge >= 0.3 is 5.97 Å². The lowest BCUT2D eigenvalue weighted by Gasteiger charge is -2.24. The van der Waals surface area contributed by atoms with Crippen molar-refractivity contribution in [3.63, 3.8) is 0 Å². The number of amides is 1. The molecule has 1 aliphatic carbocycles. The summed E-state index contributed by atoms with van der Waals surface area (Å²) in [5, 5.41) is 14.9. The SMILES string of the molecule is CC(CNC(=O)[C@@H]1CC=CC[C@@H]1C(=O)O)c1nccs1. The molecule has 0 saturated carbocycles. The predicted molar refractivity (Wildman–Crippen MR) is 76.5 cm³/mol. The molecule has 3 atom stereocenters. The number of hydrogen-bond donors (Lipinski definition) is 2. The van der Waals surface area contributed by atoms with Crippen molar-refractivity contribution in [1.29, 1.82) is 0 Å². The van der Waals surface area contributed by atoms with E-state index < -0.39 is 17.8 Å². The Balaban J connectivity index is 1.90. The first-order valence-electron chi connectivity index (χ1n) is 6.64. The molecule has 0 bridgehead atoms. The fraction of sp³-hybridized carbons (Fsp3) is 0.500. The Labute approximate surface area is 121 Å². The number of nitrogens with one attached hydrogen (secondary N) is 1. The molecule has 2 N–H and O–H groups in total. The van der Waals surface area contributed by atoms with Gasteiger partial charge in [-0.1, -0.05) is 19.1 Å². The molecule has 6 heteroatoms. The van der Waals surface area contributed by atoms with Crippen LogP contribution in [-0.2, 0) is 9.59 Å². The maximum Gasteiger partial charge on any atom is 0.307 e. The first kappa shape index (κ1) is 14.7. The lowest BCUT2D eigenvalue weighted by Crippen LogP contribution is -2.40. The second-order valence-electron chi connectivity index (χ2n) is 5.01. The van der Waals surface area contributed by atoms with Crippen molar-refractivity contribution < 1.29 is 14.7 Å². The Bertz CT molecular complexity index is 499. The van der Waals surface area contributed by atoms with Crippen molar-refractivity contribution in [1.82, 2.24) is 10.3 Å². The van der Waals surface area contributed by atoms with E-state index in [9.17, 15) is 9.59 Å². The molecule has 1 aromatic rings. The fourth-order valence-electron chi connectivity index (χ4n) is 2.33. The van der Waals surface area contributed by atoms with Gasteiger partial charge in [0.1, 0.15) is 0 Å². The molecule has 0 fully saturated rings. The quantitative estimate of drug-likeness (QED) is 0.814. The number of aromatic nitrogens is 1. The van der Waals surface area contributed by atoms with Gasteiger partial charge in [-0.2, -0.15) is 0 Å². The van der Waals surface area contributed by atoms with Crippen LogP contribution in [0.15, 0.2) is 23.7 Å². The molecule has 0 spiro atoms. The van der Waals surface area contributed by atoms with Gasteiger partial charge in [0.15, 0.2) is 0 Å². The van der Waals surface area contributed by atoms with Crippen molar-refractivity contribution in [3.8, 4) is 0 Å². The molecule has 5 nitrogen and oxygen atoms in total. The summed E-state index contributed by atoms with van der Waals surface area (Å²) in [7, 11) is 0. The molecule has 1 aromatic heterocycles. The molecule has 1 unspecified atom stereocenters. The van der Waals surface area contributed by atoms with Crippen LogP contribution in [0, 0.1) is 11.8 Å². The number of carbonyl (C=O) groups is 2. The summed E-state index contributed by atoms with van der Waals surface area (Å²) in [5.41, 5.74) is 0. The number of allylic oxidation sites excluding steroid dienone is 2. The van der Waals surface area contributed by atoms with Gasteiger partial charge < -0.3 is 10.4 Å². The zero-order valence-corrected chi connectivity index (χ0v) is 12.1. The Morgan fingerprint density at radius 3 is 2.75 bits per heavy atom. The zero-order valence-electron chi connectivity index (χ0n) is 11.3. The van der Waals surface area contributed by atoms with Crippen LogP contribution < -0.4 is 5.32 Å². The molecule has 2 rings (SSSR count). The van der Waals surface area contributed by atoms with E-state index in [1.165, 1.54) is 0 Å². The van der Waals surface area contributed by atoms with Crippen LogP contribution >= 0.6 is 11.3 Å². The summed E-state index contributed by atoms with van der Waals surface area (Å²) < 4.78 is 0. The van der Waals surface area contributed by atoms with Gasteiger partial charge in [0, 0.05) is 24.0 Å². The number of aliphatic carboxylic acids is 1. The van der Waals surface area contributed by atoms with Crippen molar-refractivity contribution >= 4 is 23.2 Å². The molecule has 0 aliphatic heterocycles. The standard InChI is InChI=1S/C14H18N2O3S/c1-9(13-15-6-7-20-13)8-16-12(17)10-4-2-3-5-11(10)14(18)19/h2-3,6-7,9-11H,4-5,8H2,1H3,(H,16,17)(H,18,19)/t9?,10-,11+/m1/s1. The highest BCUT2D eigenvalue weighted by Crippen LogP contribution is 2.26. The average Bonchev–Trinajstić information content (AvgIpc) is 2.98. The molecule has 1 aliphatic rings. The van der Waals surface area contributed by atoms with Gasteiger partial charge in [-0.15, -0.1) is 11.3 Å². The summed E-state index contributed by atoms with van der Waals surface area (Å²) in [5.74, 6) is -2.02. The Hall–Kier alpha value is -1.69. The van der Waals surface area contributed by atoms with E-state index in [0.29, 0.717) is 19.4 Å². The minimum Gasteiger partial charge on any atom is -0.481 e. The van der Waals surface area contributed by atoms with E-state index in [1.807, 2.05) is 24.5 Å². The number of carboxylic acids is 1. The van der Waals surface area contributed by atoms with Gasteiger partial charge in [-0.25, -0.2) is 4.98 Å². The average molecular weight is 294 g/mol.